The van der Waals surface area contributed by atoms with E-state index in [1.165, 1.54) is 30.4 Å². The lowest BCUT2D eigenvalue weighted by Crippen LogP contribution is -2.39. The molecule has 26 heavy (non-hydrogen) atoms. The number of aryl methyl sites for hydroxylation is 1. The molecule has 1 N–H and O–H groups in total. The second-order valence-electron chi connectivity index (χ2n) is 5.84. The van der Waals surface area contributed by atoms with E-state index in [9.17, 15) is 13.2 Å². The zero-order valence-electron chi connectivity index (χ0n) is 14.3. The monoisotopic (exact) mass is 390 g/mol. The molecule has 1 atom stereocenters. The summed E-state index contributed by atoms with van der Waals surface area (Å²) in [6.07, 6.45) is 0. The second-order valence-corrected chi connectivity index (χ2v) is 8.67. The largest absolute Gasteiger partial charge is 0.457 e. The van der Waals surface area contributed by atoms with Gasteiger partial charge in [-0.25, -0.2) is 13.4 Å². The Hall–Kier alpha value is -2.29. The number of hydrogen-bond donors (Lipinski definition) is 1. The molecule has 0 saturated heterocycles. The molecule has 0 spiro atoms. The Bertz CT molecular complexity index is 994. The number of ether oxygens (including phenoxy) is 1. The lowest BCUT2D eigenvalue weighted by Gasteiger charge is -2.13. The molecular formula is C18H18N2O4S2. The number of thiazole rings is 1. The topological polar surface area (TPSA) is 85.4 Å². The highest BCUT2D eigenvalue weighted by Crippen LogP contribution is 2.22. The number of aromatic nitrogens is 1. The molecule has 0 fully saturated rings. The van der Waals surface area contributed by atoms with E-state index < -0.39 is 22.0 Å². The molecule has 136 valence electrons. The molecule has 0 bridgehead atoms. The van der Waals surface area contributed by atoms with Gasteiger partial charge in [-0.2, -0.15) is 4.72 Å². The Morgan fingerprint density at radius 2 is 1.88 bits per heavy atom. The number of fused-ring (bicyclic) bond motifs is 1. The molecule has 1 heterocycles. The number of hydrogen-bond acceptors (Lipinski definition) is 6. The van der Waals surface area contributed by atoms with Gasteiger partial charge in [-0.05, 0) is 38.1 Å². The Balaban J connectivity index is 1.61. The predicted molar refractivity (Wildman–Crippen MR) is 100 cm³/mol. The molecule has 3 rings (SSSR count). The molecule has 0 saturated carbocycles. The van der Waals surface area contributed by atoms with Crippen LogP contribution in [0.3, 0.4) is 0 Å². The Morgan fingerprint density at radius 1 is 1.19 bits per heavy atom. The van der Waals surface area contributed by atoms with Crippen LogP contribution in [0.25, 0.3) is 10.2 Å². The minimum absolute atomic E-state index is 0.00871. The number of nitrogens with one attached hydrogen (secondary N) is 1. The third-order valence-electron chi connectivity index (χ3n) is 3.69. The van der Waals surface area contributed by atoms with Crippen LogP contribution < -0.4 is 4.72 Å². The molecule has 2 aromatic carbocycles. The maximum absolute atomic E-state index is 12.3. The summed E-state index contributed by atoms with van der Waals surface area (Å²) in [6, 6.07) is 13.0. The Labute approximate surface area is 155 Å². The van der Waals surface area contributed by atoms with Gasteiger partial charge in [0.2, 0.25) is 10.0 Å². The summed E-state index contributed by atoms with van der Waals surface area (Å²) in [6.45, 7) is 3.33. The molecule has 3 aromatic rings. The minimum Gasteiger partial charge on any atom is -0.457 e. The van der Waals surface area contributed by atoms with Gasteiger partial charge in [-0.1, -0.05) is 29.8 Å². The highest BCUT2D eigenvalue weighted by Gasteiger charge is 2.23. The molecule has 0 aliphatic rings. The quantitative estimate of drug-likeness (QED) is 0.654. The summed E-state index contributed by atoms with van der Waals surface area (Å²) < 4.78 is 33.2. The van der Waals surface area contributed by atoms with Gasteiger partial charge in [0.25, 0.3) is 0 Å². The van der Waals surface area contributed by atoms with E-state index in [-0.39, 0.29) is 11.5 Å². The van der Waals surface area contributed by atoms with Gasteiger partial charge in [0.1, 0.15) is 17.7 Å². The van der Waals surface area contributed by atoms with E-state index in [0.717, 1.165) is 15.8 Å². The van der Waals surface area contributed by atoms with Crippen LogP contribution in [-0.2, 0) is 26.2 Å². The van der Waals surface area contributed by atoms with Crippen molar-refractivity contribution in [3.05, 3.63) is 59.1 Å². The van der Waals surface area contributed by atoms with E-state index in [2.05, 4.69) is 9.71 Å². The molecule has 0 aliphatic heterocycles. The van der Waals surface area contributed by atoms with Crippen molar-refractivity contribution in [1.82, 2.24) is 9.71 Å². The summed E-state index contributed by atoms with van der Waals surface area (Å²) in [5.74, 6) is -0.653. The first kappa shape index (κ1) is 18.5. The zero-order valence-corrected chi connectivity index (χ0v) is 15.9. The van der Waals surface area contributed by atoms with Crippen molar-refractivity contribution < 1.29 is 17.9 Å². The Morgan fingerprint density at radius 3 is 2.58 bits per heavy atom. The summed E-state index contributed by atoms with van der Waals surface area (Å²) >= 11 is 1.44. The van der Waals surface area contributed by atoms with Crippen molar-refractivity contribution in [3.8, 4) is 0 Å². The van der Waals surface area contributed by atoms with Gasteiger partial charge in [-0.15, -0.1) is 11.3 Å². The average molecular weight is 390 g/mol. The van der Waals surface area contributed by atoms with E-state index in [0.29, 0.717) is 5.01 Å². The number of sulfonamides is 1. The second kappa shape index (κ2) is 7.53. The maximum atomic E-state index is 12.3. The lowest BCUT2D eigenvalue weighted by molar-refractivity contribution is -0.146. The molecule has 0 amide bonds. The summed E-state index contributed by atoms with van der Waals surface area (Å²) in [5.41, 5.74) is 1.80. The molecule has 0 aliphatic carbocycles. The van der Waals surface area contributed by atoms with Crippen molar-refractivity contribution in [2.45, 2.75) is 31.4 Å². The van der Waals surface area contributed by atoms with Gasteiger partial charge in [0, 0.05) is 0 Å². The van der Waals surface area contributed by atoms with Gasteiger partial charge < -0.3 is 4.74 Å². The van der Waals surface area contributed by atoms with Gasteiger partial charge >= 0.3 is 5.97 Å². The average Bonchev–Trinajstić information content (AvgIpc) is 3.02. The van der Waals surface area contributed by atoms with Crippen LogP contribution >= 0.6 is 11.3 Å². The fraction of sp³-hybridized carbons (Fsp3) is 0.222. The molecule has 6 nitrogen and oxygen atoms in total. The molecule has 8 heteroatoms. The third-order valence-corrected chi connectivity index (χ3v) is 6.26. The number of nitrogens with zero attached hydrogens (tertiary/aromatic N) is 1. The lowest BCUT2D eigenvalue weighted by atomic mass is 10.2. The highest BCUT2D eigenvalue weighted by molar-refractivity contribution is 7.89. The number of rotatable bonds is 6. The molecule has 1 aromatic heterocycles. The Kier molecular flexibility index (Phi) is 5.36. The summed E-state index contributed by atoms with van der Waals surface area (Å²) in [5, 5.41) is 0.660. The fourth-order valence-electron chi connectivity index (χ4n) is 2.31. The number of carbonyl (C=O) groups excluding carboxylic acids is 1. The van der Waals surface area contributed by atoms with E-state index >= 15 is 0 Å². The van der Waals surface area contributed by atoms with Crippen molar-refractivity contribution in [1.29, 1.82) is 0 Å². The van der Waals surface area contributed by atoms with Gasteiger partial charge in [-0.3, -0.25) is 4.79 Å². The van der Waals surface area contributed by atoms with Gasteiger partial charge in [0.05, 0.1) is 15.1 Å². The van der Waals surface area contributed by atoms with Crippen LogP contribution in [0.15, 0.2) is 53.4 Å². The number of esters is 1. The van der Waals surface area contributed by atoms with Crippen LogP contribution in [0, 0.1) is 6.92 Å². The molecule has 0 unspecified atom stereocenters. The first-order valence-electron chi connectivity index (χ1n) is 7.95. The third kappa shape index (κ3) is 4.27. The maximum Gasteiger partial charge on any atom is 0.324 e. The fourth-order valence-corrected chi connectivity index (χ4v) is 4.38. The highest BCUT2D eigenvalue weighted by atomic mass is 32.2. The standard InChI is InChI=1S/C18H18N2O4S2/c1-12-7-9-14(10-8-12)26(22,23)20-13(2)18(21)24-11-17-19-15-5-3-4-6-16(15)25-17/h3-10,13,20H,11H2,1-2H3/t13-/m0/s1. The minimum atomic E-state index is -3.79. The van der Waals surface area contributed by atoms with Crippen LogP contribution in [0.1, 0.15) is 17.5 Å². The zero-order chi connectivity index (χ0) is 18.7. The first-order valence-corrected chi connectivity index (χ1v) is 10.3. The predicted octanol–water partition coefficient (Wildman–Crippen LogP) is 3.01. The number of carbonyl (C=O) groups is 1. The van der Waals surface area contributed by atoms with Crippen LogP contribution in [0.2, 0.25) is 0 Å². The van der Waals surface area contributed by atoms with Crippen molar-refractivity contribution in [2.24, 2.45) is 0 Å². The summed E-state index contributed by atoms with van der Waals surface area (Å²) in [7, 11) is -3.79. The van der Waals surface area contributed by atoms with Crippen molar-refractivity contribution in [2.75, 3.05) is 0 Å². The number of para-hydroxylation sites is 1. The van der Waals surface area contributed by atoms with Crippen molar-refractivity contribution >= 4 is 37.5 Å². The molecular weight excluding hydrogens is 372 g/mol. The van der Waals surface area contributed by atoms with E-state index in [4.69, 9.17) is 4.74 Å². The SMILES string of the molecule is Cc1ccc(S(=O)(=O)N[C@@H](C)C(=O)OCc2nc3ccccc3s2)cc1. The summed E-state index contributed by atoms with van der Waals surface area (Å²) in [4.78, 5) is 16.6. The van der Waals surface area contributed by atoms with Crippen molar-refractivity contribution in [3.63, 3.8) is 0 Å². The normalized spacial score (nSPS) is 12.8. The smallest absolute Gasteiger partial charge is 0.324 e. The first-order chi connectivity index (χ1) is 12.3. The van der Waals surface area contributed by atoms with Gasteiger partial charge in [0.15, 0.2) is 0 Å². The van der Waals surface area contributed by atoms with E-state index in [1.807, 2.05) is 31.2 Å². The van der Waals surface area contributed by atoms with E-state index in [1.54, 1.807) is 12.1 Å². The van der Waals surface area contributed by atoms with Crippen LogP contribution in [0.4, 0.5) is 0 Å². The molecule has 0 radical (unpaired) electrons. The van der Waals surface area contributed by atoms with Crippen LogP contribution in [0.5, 0.6) is 0 Å². The number of benzene rings is 2. The van der Waals surface area contributed by atoms with Crippen LogP contribution in [-0.4, -0.2) is 25.4 Å².